The highest BCUT2D eigenvalue weighted by Crippen LogP contribution is 2.14. The lowest BCUT2D eigenvalue weighted by Gasteiger charge is -2.23. The van der Waals surface area contributed by atoms with E-state index in [4.69, 9.17) is 11.5 Å². The molecule has 0 radical (unpaired) electrons. The fourth-order valence-corrected chi connectivity index (χ4v) is 6.48. The van der Waals surface area contributed by atoms with E-state index < -0.39 is 6.04 Å². The third-order valence-corrected chi connectivity index (χ3v) is 9.64. The highest BCUT2D eigenvalue weighted by atomic mass is 16.2. The van der Waals surface area contributed by atoms with Crippen LogP contribution in [0.1, 0.15) is 200 Å². The van der Waals surface area contributed by atoms with E-state index in [-0.39, 0.29) is 24.3 Å². The average Bonchev–Trinajstić information content (AvgIpc) is 3.09. The Hall–Kier alpha value is -2.09. The van der Waals surface area contributed by atoms with Gasteiger partial charge in [0.1, 0.15) is 0 Å². The molecule has 0 spiro atoms. The number of unbranched alkanes of at least 4 members (excludes halogenated alkanes) is 25. The molecule has 8 heteroatoms. The van der Waals surface area contributed by atoms with Crippen LogP contribution in [-0.4, -0.2) is 54.9 Å². The first-order chi connectivity index (χ1) is 24.0. The van der Waals surface area contributed by atoms with Crippen LogP contribution in [0.3, 0.4) is 0 Å². The molecule has 0 saturated heterocycles. The van der Waals surface area contributed by atoms with Crippen molar-refractivity contribution < 1.29 is 20.3 Å². The van der Waals surface area contributed by atoms with Crippen molar-refractivity contribution in [1.82, 2.24) is 10.2 Å². The molecular formula is C41H84N6O2+2. The maximum Gasteiger partial charge on any atom is 0.339 e. The molecule has 0 fully saturated rings. The number of guanidine groups is 1. The summed E-state index contributed by atoms with van der Waals surface area (Å²) in [5.74, 6) is -0.271. The van der Waals surface area contributed by atoms with E-state index in [1.54, 1.807) is 0 Å². The number of nitrogens with two attached hydrogens (primary N) is 2. The van der Waals surface area contributed by atoms with E-state index in [1.165, 1.54) is 154 Å². The summed E-state index contributed by atoms with van der Waals surface area (Å²) in [5.41, 5.74) is 15.0. The molecule has 0 aliphatic carbocycles. The lowest BCUT2D eigenvalue weighted by atomic mass is 10.0. The predicted octanol–water partition coefficient (Wildman–Crippen LogP) is 6.80. The van der Waals surface area contributed by atoms with Crippen molar-refractivity contribution in [1.29, 1.82) is 0 Å². The van der Waals surface area contributed by atoms with E-state index in [0.29, 0.717) is 13.0 Å². The number of hydrogen-bond donors (Lipinski definition) is 5. The van der Waals surface area contributed by atoms with Gasteiger partial charge < -0.3 is 16.0 Å². The van der Waals surface area contributed by atoms with Crippen LogP contribution in [0.2, 0.25) is 0 Å². The standard InChI is InChI=1S/C41H82N6O2/c1-3-5-7-9-11-13-15-17-19-20-22-24-26-28-30-32-36-47(39(48)37-45-40(49)38(33-34-42)46-41(43)44)35-31-29-27-25-23-21-18-16-14-12-10-8-6-4-2/h17,19,38H,3-16,18,20-37,42H2,1-2H3,(H,45,49)(H4,43,44,46)/p+2/b19-17-. The molecule has 0 aromatic rings. The van der Waals surface area contributed by atoms with Gasteiger partial charge in [0.15, 0.2) is 6.04 Å². The number of rotatable bonds is 37. The van der Waals surface area contributed by atoms with E-state index in [1.807, 2.05) is 4.90 Å². The van der Waals surface area contributed by atoms with Gasteiger partial charge >= 0.3 is 5.96 Å². The number of hydrogen-bond acceptors (Lipinski definition) is 2. The molecule has 8 nitrogen and oxygen atoms in total. The van der Waals surface area contributed by atoms with Gasteiger partial charge in [0.05, 0.1) is 13.1 Å². The fraction of sp³-hybridized carbons (Fsp3) is 0.878. The Morgan fingerprint density at radius 2 is 0.980 bits per heavy atom. The lowest BCUT2D eigenvalue weighted by Crippen LogP contribution is -2.87. The van der Waals surface area contributed by atoms with Crippen LogP contribution in [0.25, 0.3) is 0 Å². The van der Waals surface area contributed by atoms with Crippen LogP contribution in [0.15, 0.2) is 12.2 Å². The second kappa shape index (κ2) is 37.2. The van der Waals surface area contributed by atoms with Crippen molar-refractivity contribution in [3.05, 3.63) is 12.2 Å². The van der Waals surface area contributed by atoms with Crippen LogP contribution in [0.4, 0.5) is 0 Å². The van der Waals surface area contributed by atoms with Crippen LogP contribution in [0, 0.1) is 0 Å². The maximum absolute atomic E-state index is 13.2. The van der Waals surface area contributed by atoms with Gasteiger partial charge in [0.25, 0.3) is 5.91 Å². The molecule has 1 atom stereocenters. The first-order valence-corrected chi connectivity index (χ1v) is 21.1. The molecule has 0 bridgehead atoms. The monoisotopic (exact) mass is 693 g/mol. The third-order valence-electron chi connectivity index (χ3n) is 9.64. The zero-order chi connectivity index (χ0) is 36.0. The van der Waals surface area contributed by atoms with E-state index in [9.17, 15) is 9.59 Å². The average molecular weight is 693 g/mol. The van der Waals surface area contributed by atoms with Crippen LogP contribution < -0.4 is 27.5 Å². The summed E-state index contributed by atoms with van der Waals surface area (Å²) in [6.07, 6.45) is 41.6. The number of nitrogens with zero attached hydrogens (tertiary/aromatic N) is 1. The minimum Gasteiger partial charge on any atom is -0.357 e. The Labute approximate surface area is 303 Å². The minimum absolute atomic E-state index is 0.000629. The first kappa shape index (κ1) is 46.9. The van der Waals surface area contributed by atoms with Gasteiger partial charge in [-0.15, -0.1) is 0 Å². The molecule has 49 heavy (non-hydrogen) atoms. The summed E-state index contributed by atoms with van der Waals surface area (Å²) >= 11 is 0. The van der Waals surface area contributed by atoms with E-state index in [0.717, 1.165) is 38.8 Å². The van der Waals surface area contributed by atoms with Gasteiger partial charge in [-0.1, -0.05) is 167 Å². The Balaban J connectivity index is 4.36. The Bertz CT molecular complexity index is 799. The van der Waals surface area contributed by atoms with Gasteiger partial charge in [-0.3, -0.25) is 26.0 Å². The van der Waals surface area contributed by atoms with Gasteiger partial charge in [-0.05, 0) is 38.5 Å². The van der Waals surface area contributed by atoms with Crippen molar-refractivity contribution in [3.63, 3.8) is 0 Å². The zero-order valence-electron chi connectivity index (χ0n) is 32.7. The number of carbonyl (C=O) groups is 2. The number of amides is 2. The van der Waals surface area contributed by atoms with Crippen molar-refractivity contribution in [2.75, 3.05) is 26.2 Å². The molecule has 1 unspecified atom stereocenters. The Morgan fingerprint density at radius 1 is 0.612 bits per heavy atom. The summed E-state index contributed by atoms with van der Waals surface area (Å²) in [5, 5.41) is 2.81. The molecule has 2 amide bonds. The number of nitrogens with one attached hydrogen (secondary N) is 2. The minimum atomic E-state index is -0.578. The second-order valence-corrected chi connectivity index (χ2v) is 14.4. The van der Waals surface area contributed by atoms with Gasteiger partial charge in [-0.25, -0.2) is 0 Å². The topological polar surface area (TPSA) is 143 Å². The largest absolute Gasteiger partial charge is 0.357 e. The molecule has 0 aromatic carbocycles. The van der Waals surface area contributed by atoms with Crippen molar-refractivity contribution in [3.8, 4) is 0 Å². The van der Waals surface area contributed by atoms with Crippen molar-refractivity contribution in [2.45, 2.75) is 206 Å². The lowest BCUT2D eigenvalue weighted by molar-refractivity contribution is -0.499. The Kier molecular flexibility index (Phi) is 35.6. The molecule has 0 rings (SSSR count). The highest BCUT2D eigenvalue weighted by Gasteiger charge is 2.21. The first-order valence-electron chi connectivity index (χ1n) is 21.1. The van der Waals surface area contributed by atoms with E-state index in [2.05, 4.69) is 42.0 Å². The molecular weight excluding hydrogens is 608 g/mol. The summed E-state index contributed by atoms with van der Waals surface area (Å²) in [4.78, 5) is 30.7. The van der Waals surface area contributed by atoms with Gasteiger partial charge in [-0.2, -0.15) is 0 Å². The van der Waals surface area contributed by atoms with Crippen LogP contribution in [-0.2, 0) is 9.59 Å². The van der Waals surface area contributed by atoms with Crippen molar-refractivity contribution >= 4 is 17.8 Å². The van der Waals surface area contributed by atoms with E-state index >= 15 is 0 Å². The quantitative estimate of drug-likeness (QED) is 0.0211. The number of carbonyl (C=O) groups excluding carboxylic acids is 2. The predicted molar refractivity (Wildman–Crippen MR) is 210 cm³/mol. The second-order valence-electron chi connectivity index (χ2n) is 14.4. The van der Waals surface area contributed by atoms with Crippen molar-refractivity contribution in [2.24, 2.45) is 11.5 Å². The summed E-state index contributed by atoms with van der Waals surface area (Å²) in [6.45, 7) is 6.64. The third kappa shape index (κ3) is 32.8. The highest BCUT2D eigenvalue weighted by molar-refractivity contribution is 5.87. The molecule has 0 heterocycles. The van der Waals surface area contributed by atoms with Crippen LogP contribution >= 0.6 is 0 Å². The molecule has 9 N–H and O–H groups in total. The normalized spacial score (nSPS) is 12.0. The number of quaternary nitrogens is 1. The molecule has 288 valence electrons. The summed E-state index contributed by atoms with van der Waals surface area (Å²) in [7, 11) is 0. The maximum atomic E-state index is 13.2. The number of allylic oxidation sites excluding steroid dienone is 2. The van der Waals surface area contributed by atoms with Crippen LogP contribution in [0.5, 0.6) is 0 Å². The summed E-state index contributed by atoms with van der Waals surface area (Å²) in [6, 6.07) is -0.578. The Morgan fingerprint density at radius 3 is 1.35 bits per heavy atom. The molecule has 0 saturated carbocycles. The molecule has 0 aromatic heterocycles. The van der Waals surface area contributed by atoms with Gasteiger partial charge in [0, 0.05) is 19.5 Å². The SMILES string of the molecule is CCCCCCCC/C=C\CCCCCCCCN(CCCCCCCCCCCCCCCC)C(=O)CNC(=O)C(CC[NH3+])[NH+]=C(N)N. The fourth-order valence-electron chi connectivity index (χ4n) is 6.48. The summed E-state index contributed by atoms with van der Waals surface area (Å²) < 4.78 is 0. The van der Waals surface area contributed by atoms with Gasteiger partial charge in [0.2, 0.25) is 5.91 Å². The zero-order valence-corrected chi connectivity index (χ0v) is 32.7. The molecule has 0 aliphatic heterocycles. The smallest absolute Gasteiger partial charge is 0.339 e. The molecule has 0 aliphatic rings.